The van der Waals surface area contributed by atoms with Crippen molar-refractivity contribution in [2.75, 3.05) is 6.61 Å². The number of ether oxygens (including phenoxy) is 2. The third-order valence-corrected chi connectivity index (χ3v) is 11.6. The lowest BCUT2D eigenvalue weighted by molar-refractivity contribution is -0.274. The molecule has 6 rings (SSSR count). The van der Waals surface area contributed by atoms with E-state index in [1.165, 1.54) is 12.0 Å². The van der Waals surface area contributed by atoms with Crippen LogP contribution in [0.1, 0.15) is 85.5 Å². The summed E-state index contributed by atoms with van der Waals surface area (Å²) in [6.07, 6.45) is 11.5. The van der Waals surface area contributed by atoms with E-state index in [1.54, 1.807) is 0 Å². The Labute approximate surface area is 187 Å². The molecular formula is C27H42O4. The van der Waals surface area contributed by atoms with E-state index in [2.05, 4.69) is 33.8 Å². The van der Waals surface area contributed by atoms with E-state index < -0.39 is 11.4 Å². The normalized spacial score (nSPS) is 60.7. The first-order chi connectivity index (χ1) is 14.6. The largest absolute Gasteiger partial charge is 0.393 e. The molecule has 1 spiro atoms. The summed E-state index contributed by atoms with van der Waals surface area (Å²) in [4.78, 5) is 0. The molecule has 2 aliphatic heterocycles. The molecule has 0 radical (unpaired) electrons. The fourth-order valence-corrected chi connectivity index (χ4v) is 9.58. The Morgan fingerprint density at radius 3 is 2.58 bits per heavy atom. The highest BCUT2D eigenvalue weighted by molar-refractivity contribution is 5.28. The van der Waals surface area contributed by atoms with Crippen molar-refractivity contribution in [1.29, 1.82) is 0 Å². The Bertz CT molecular complexity index is 784. The number of aliphatic hydroxyl groups excluding tert-OH is 1. The van der Waals surface area contributed by atoms with Crippen LogP contribution in [0.5, 0.6) is 0 Å². The topological polar surface area (TPSA) is 58.9 Å². The van der Waals surface area contributed by atoms with Gasteiger partial charge >= 0.3 is 0 Å². The molecule has 2 N–H and O–H groups in total. The van der Waals surface area contributed by atoms with E-state index in [0.717, 1.165) is 58.0 Å². The van der Waals surface area contributed by atoms with Crippen LogP contribution >= 0.6 is 0 Å². The molecule has 0 bridgehead atoms. The van der Waals surface area contributed by atoms with E-state index in [0.29, 0.717) is 23.7 Å². The Balaban J connectivity index is 1.32. The summed E-state index contributed by atoms with van der Waals surface area (Å²) in [5.41, 5.74) is 0.849. The number of hydrogen-bond acceptors (Lipinski definition) is 4. The van der Waals surface area contributed by atoms with Crippen molar-refractivity contribution in [3.63, 3.8) is 0 Å². The van der Waals surface area contributed by atoms with Crippen molar-refractivity contribution < 1.29 is 19.7 Å². The summed E-state index contributed by atoms with van der Waals surface area (Å²) < 4.78 is 13.1. The van der Waals surface area contributed by atoms with Gasteiger partial charge in [-0.15, -0.1) is 0 Å². The molecule has 4 nitrogen and oxygen atoms in total. The molecule has 2 heterocycles. The number of allylic oxidation sites excluding steroid dienone is 1. The zero-order valence-corrected chi connectivity index (χ0v) is 19.9. The summed E-state index contributed by atoms with van der Waals surface area (Å²) in [5, 5.41) is 22.7. The monoisotopic (exact) mass is 430 g/mol. The Kier molecular flexibility index (Phi) is 4.49. The van der Waals surface area contributed by atoms with Gasteiger partial charge < -0.3 is 19.7 Å². The molecule has 4 heteroatoms. The molecular weight excluding hydrogens is 388 g/mol. The fourth-order valence-electron chi connectivity index (χ4n) is 9.58. The van der Waals surface area contributed by atoms with Crippen LogP contribution in [0.25, 0.3) is 0 Å². The third kappa shape index (κ3) is 2.52. The van der Waals surface area contributed by atoms with Gasteiger partial charge in [0.25, 0.3) is 0 Å². The molecule has 174 valence electrons. The van der Waals surface area contributed by atoms with Gasteiger partial charge in [0.2, 0.25) is 0 Å². The SMILES string of the molecule is CC1CCC2(OC1)OC1CC3C4CC=C5C[C@@H](O)CC[C@]5(C)C4CC[C@]3(C)C1(O)C2C. The summed E-state index contributed by atoms with van der Waals surface area (Å²) in [5.74, 6) is 1.81. The number of rotatable bonds is 0. The molecule has 5 fully saturated rings. The van der Waals surface area contributed by atoms with Crippen LogP contribution in [-0.2, 0) is 9.47 Å². The minimum Gasteiger partial charge on any atom is -0.393 e. The van der Waals surface area contributed by atoms with E-state index in [4.69, 9.17) is 9.47 Å². The predicted octanol–water partition coefficient (Wildman–Crippen LogP) is 4.83. The van der Waals surface area contributed by atoms with E-state index >= 15 is 0 Å². The van der Waals surface area contributed by atoms with Gasteiger partial charge in [0.05, 0.1) is 18.8 Å². The van der Waals surface area contributed by atoms with Crippen LogP contribution in [0.2, 0.25) is 0 Å². The second kappa shape index (κ2) is 6.58. The lowest BCUT2D eigenvalue weighted by Crippen LogP contribution is -2.59. The predicted molar refractivity (Wildman–Crippen MR) is 119 cm³/mol. The van der Waals surface area contributed by atoms with Crippen molar-refractivity contribution >= 4 is 0 Å². The fraction of sp³-hybridized carbons (Fsp3) is 0.926. The van der Waals surface area contributed by atoms with E-state index in [1.807, 2.05) is 0 Å². The standard InChI is InChI=1S/C27H42O4/c1-16-7-12-26(30-15-16)17(2)27(29)23(31-26)14-22-20-6-5-18-13-19(28)8-10-24(18,3)21(20)9-11-25(22,27)4/h5,16-17,19-23,28-29H,6-15H2,1-4H3/t16?,17?,19-,20?,21?,22?,23?,24-,25-,26?,27?/m0/s1. The summed E-state index contributed by atoms with van der Waals surface area (Å²) in [6, 6.07) is 0. The molecule has 3 saturated carbocycles. The maximum absolute atomic E-state index is 12.4. The number of hydrogen-bond donors (Lipinski definition) is 2. The molecule has 31 heavy (non-hydrogen) atoms. The highest BCUT2D eigenvalue weighted by Gasteiger charge is 2.76. The Hall–Kier alpha value is -0.420. The number of aliphatic hydroxyl groups is 2. The smallest absolute Gasteiger partial charge is 0.174 e. The van der Waals surface area contributed by atoms with Crippen LogP contribution in [-0.4, -0.2) is 40.4 Å². The van der Waals surface area contributed by atoms with Gasteiger partial charge in [-0.2, -0.15) is 0 Å². The lowest BCUT2D eigenvalue weighted by Gasteiger charge is -2.59. The first-order valence-corrected chi connectivity index (χ1v) is 13.1. The van der Waals surface area contributed by atoms with Gasteiger partial charge in [-0.05, 0) is 80.5 Å². The van der Waals surface area contributed by atoms with Crippen LogP contribution < -0.4 is 0 Å². The average Bonchev–Trinajstić information content (AvgIpc) is 3.09. The average molecular weight is 431 g/mol. The molecule has 0 aromatic rings. The van der Waals surface area contributed by atoms with Gasteiger partial charge in [0.15, 0.2) is 5.79 Å². The zero-order chi connectivity index (χ0) is 21.8. The van der Waals surface area contributed by atoms with Gasteiger partial charge in [-0.1, -0.05) is 39.3 Å². The van der Waals surface area contributed by atoms with Crippen molar-refractivity contribution in [2.45, 2.75) is 109 Å². The third-order valence-electron chi connectivity index (χ3n) is 11.6. The summed E-state index contributed by atoms with van der Waals surface area (Å²) in [6.45, 7) is 10.1. The quantitative estimate of drug-likeness (QED) is 0.541. The Morgan fingerprint density at radius 2 is 1.84 bits per heavy atom. The molecule has 4 aliphatic carbocycles. The second-order valence-electron chi connectivity index (χ2n) is 12.8. The first kappa shape index (κ1) is 21.1. The van der Waals surface area contributed by atoms with Crippen LogP contribution in [0.3, 0.4) is 0 Å². The molecule has 0 aromatic carbocycles. The first-order valence-electron chi connectivity index (χ1n) is 13.1. The van der Waals surface area contributed by atoms with E-state index in [-0.39, 0.29) is 29.0 Å². The number of fused-ring (bicyclic) bond motifs is 7. The molecule has 0 amide bonds. The molecule has 11 atom stereocenters. The van der Waals surface area contributed by atoms with Crippen molar-refractivity contribution in [1.82, 2.24) is 0 Å². The van der Waals surface area contributed by atoms with Crippen molar-refractivity contribution in [2.24, 2.45) is 40.4 Å². The van der Waals surface area contributed by atoms with E-state index in [9.17, 15) is 10.2 Å². The van der Waals surface area contributed by atoms with Crippen molar-refractivity contribution in [3.8, 4) is 0 Å². The van der Waals surface area contributed by atoms with Crippen LogP contribution in [0.15, 0.2) is 11.6 Å². The minimum atomic E-state index is -0.795. The molecule has 2 saturated heterocycles. The van der Waals surface area contributed by atoms with Gasteiger partial charge in [0, 0.05) is 17.8 Å². The highest BCUT2D eigenvalue weighted by atomic mass is 16.7. The van der Waals surface area contributed by atoms with Gasteiger partial charge in [-0.3, -0.25) is 0 Å². The minimum absolute atomic E-state index is 0.0131. The van der Waals surface area contributed by atoms with Gasteiger partial charge in [-0.25, -0.2) is 0 Å². The van der Waals surface area contributed by atoms with Gasteiger partial charge in [0.1, 0.15) is 5.60 Å². The highest BCUT2D eigenvalue weighted by Crippen LogP contribution is 2.72. The van der Waals surface area contributed by atoms with Crippen LogP contribution in [0.4, 0.5) is 0 Å². The lowest BCUT2D eigenvalue weighted by atomic mass is 9.46. The Morgan fingerprint density at radius 1 is 1.03 bits per heavy atom. The second-order valence-corrected chi connectivity index (χ2v) is 12.8. The van der Waals surface area contributed by atoms with Crippen LogP contribution in [0, 0.1) is 40.4 Å². The summed E-state index contributed by atoms with van der Waals surface area (Å²) in [7, 11) is 0. The van der Waals surface area contributed by atoms with Crippen molar-refractivity contribution in [3.05, 3.63) is 11.6 Å². The summed E-state index contributed by atoms with van der Waals surface area (Å²) >= 11 is 0. The molecule has 0 aromatic heterocycles. The zero-order valence-electron chi connectivity index (χ0n) is 19.9. The maximum Gasteiger partial charge on any atom is 0.174 e. The molecule has 8 unspecified atom stereocenters. The molecule has 6 aliphatic rings. The maximum atomic E-state index is 12.4.